The lowest BCUT2D eigenvalue weighted by Gasteiger charge is -2.22. The molecule has 2 aliphatic heterocycles. The zero-order chi connectivity index (χ0) is 19.6. The molecular formula is C22H24ClNO4. The van der Waals surface area contributed by atoms with E-state index < -0.39 is 5.79 Å². The Morgan fingerprint density at radius 2 is 1.86 bits per heavy atom. The van der Waals surface area contributed by atoms with Crippen molar-refractivity contribution in [3.63, 3.8) is 0 Å². The molecule has 2 aromatic carbocycles. The topological polar surface area (TPSA) is 48.0 Å². The molecule has 0 atom stereocenters. The second-order valence-corrected chi connectivity index (χ2v) is 7.50. The lowest BCUT2D eigenvalue weighted by molar-refractivity contribution is -0.180. The molecule has 0 aromatic heterocycles. The summed E-state index contributed by atoms with van der Waals surface area (Å²) in [6, 6.07) is 13.3. The van der Waals surface area contributed by atoms with Crippen molar-refractivity contribution in [1.82, 2.24) is 0 Å². The van der Waals surface area contributed by atoms with Crippen molar-refractivity contribution in [2.75, 3.05) is 24.7 Å². The molecule has 0 saturated carbocycles. The fraction of sp³-hybridized carbons (Fsp3) is 0.409. The molecule has 0 bridgehead atoms. The fourth-order valence-corrected chi connectivity index (χ4v) is 3.85. The first kappa shape index (κ1) is 19.2. The second kappa shape index (κ2) is 8.11. The Labute approximate surface area is 170 Å². The third-order valence-corrected chi connectivity index (χ3v) is 5.34. The minimum atomic E-state index is -1.36. The predicted molar refractivity (Wildman–Crippen MR) is 108 cm³/mol. The van der Waals surface area contributed by atoms with Gasteiger partial charge in [-0.15, -0.1) is 0 Å². The molecule has 0 aliphatic carbocycles. The van der Waals surface area contributed by atoms with E-state index in [1.807, 2.05) is 30.3 Å². The van der Waals surface area contributed by atoms with E-state index in [1.165, 1.54) is 12.8 Å². The van der Waals surface area contributed by atoms with Crippen molar-refractivity contribution in [3.05, 3.63) is 58.6 Å². The monoisotopic (exact) mass is 401 g/mol. The Kier molecular flexibility index (Phi) is 5.58. The molecule has 2 aliphatic rings. The van der Waals surface area contributed by atoms with Gasteiger partial charge < -0.3 is 19.1 Å². The molecule has 4 rings (SSSR count). The molecule has 1 saturated heterocycles. The molecule has 0 unspecified atom stereocenters. The third kappa shape index (κ3) is 3.50. The maximum absolute atomic E-state index is 13.2. The highest BCUT2D eigenvalue weighted by Crippen LogP contribution is 2.47. The fourth-order valence-electron chi connectivity index (χ4n) is 3.67. The summed E-state index contributed by atoms with van der Waals surface area (Å²) in [6.45, 7) is 4.10. The molecule has 1 fully saturated rings. The SMILES string of the molecule is CCCCCOc1ccc(CN2C(=O)C3(OCCO3)c3cc(Cl)ccc32)cc1. The lowest BCUT2D eigenvalue weighted by Crippen LogP contribution is -2.40. The highest BCUT2D eigenvalue weighted by Gasteiger charge is 2.56. The predicted octanol–water partition coefficient (Wildman–Crippen LogP) is 4.66. The number of ether oxygens (including phenoxy) is 3. The Hall–Kier alpha value is -2.08. The first-order valence-corrected chi connectivity index (χ1v) is 10.1. The number of unbranched alkanes of at least 4 members (excludes halogenated alkanes) is 2. The van der Waals surface area contributed by atoms with E-state index in [0.717, 1.165) is 30.0 Å². The van der Waals surface area contributed by atoms with Gasteiger partial charge in [0.2, 0.25) is 0 Å². The van der Waals surface area contributed by atoms with Crippen molar-refractivity contribution >= 4 is 23.2 Å². The van der Waals surface area contributed by atoms with Gasteiger partial charge in [0.15, 0.2) is 0 Å². The second-order valence-electron chi connectivity index (χ2n) is 7.07. The Morgan fingerprint density at radius 3 is 2.57 bits per heavy atom. The number of halogens is 1. The summed E-state index contributed by atoms with van der Waals surface area (Å²) >= 11 is 6.16. The van der Waals surface area contributed by atoms with Gasteiger partial charge in [0.1, 0.15) is 5.75 Å². The van der Waals surface area contributed by atoms with E-state index >= 15 is 0 Å². The quantitative estimate of drug-likeness (QED) is 0.633. The van der Waals surface area contributed by atoms with Gasteiger partial charge in [-0.05, 0) is 42.3 Å². The Morgan fingerprint density at radius 1 is 1.11 bits per heavy atom. The highest BCUT2D eigenvalue weighted by molar-refractivity contribution is 6.31. The number of benzene rings is 2. The zero-order valence-corrected chi connectivity index (χ0v) is 16.7. The molecule has 2 heterocycles. The van der Waals surface area contributed by atoms with Crippen LogP contribution in [0.1, 0.15) is 37.3 Å². The minimum absolute atomic E-state index is 0.206. The number of carbonyl (C=O) groups excluding carboxylic acids is 1. The summed E-state index contributed by atoms with van der Waals surface area (Å²) in [6.07, 6.45) is 3.40. The molecule has 28 heavy (non-hydrogen) atoms. The van der Waals surface area contributed by atoms with E-state index in [9.17, 15) is 4.79 Å². The standard InChI is InChI=1S/C22H24ClNO4/c1-2-3-4-11-26-18-8-5-16(6-9-18)15-24-20-10-7-17(23)14-19(20)22(21(24)25)27-12-13-28-22/h5-10,14H,2-4,11-13,15H2,1H3. The van der Waals surface area contributed by atoms with Gasteiger partial charge in [-0.25, -0.2) is 0 Å². The molecule has 6 heteroatoms. The molecule has 0 radical (unpaired) electrons. The van der Waals surface area contributed by atoms with E-state index in [-0.39, 0.29) is 5.91 Å². The molecule has 5 nitrogen and oxygen atoms in total. The van der Waals surface area contributed by atoms with Gasteiger partial charge >= 0.3 is 0 Å². The number of hydrogen-bond acceptors (Lipinski definition) is 4. The Bertz CT molecular complexity index is 846. The van der Waals surface area contributed by atoms with Crippen LogP contribution >= 0.6 is 11.6 Å². The van der Waals surface area contributed by atoms with E-state index in [4.69, 9.17) is 25.8 Å². The van der Waals surface area contributed by atoms with Crippen molar-refractivity contribution in [2.24, 2.45) is 0 Å². The lowest BCUT2D eigenvalue weighted by atomic mass is 10.1. The van der Waals surface area contributed by atoms with Crippen LogP contribution in [0.25, 0.3) is 0 Å². The van der Waals surface area contributed by atoms with Crippen molar-refractivity contribution in [1.29, 1.82) is 0 Å². The van der Waals surface area contributed by atoms with Crippen LogP contribution in [0.3, 0.4) is 0 Å². The summed E-state index contributed by atoms with van der Waals surface area (Å²) in [7, 11) is 0. The average Bonchev–Trinajstić information content (AvgIpc) is 3.28. The molecule has 148 valence electrons. The summed E-state index contributed by atoms with van der Waals surface area (Å²) in [5.74, 6) is -0.719. The first-order valence-electron chi connectivity index (χ1n) is 9.76. The van der Waals surface area contributed by atoms with Crippen molar-refractivity contribution < 1.29 is 19.0 Å². The number of amides is 1. The van der Waals surface area contributed by atoms with Crippen molar-refractivity contribution in [3.8, 4) is 5.75 Å². The molecule has 2 aromatic rings. The summed E-state index contributed by atoms with van der Waals surface area (Å²) in [5, 5.41) is 0.552. The minimum Gasteiger partial charge on any atom is -0.494 e. The number of hydrogen-bond donors (Lipinski definition) is 0. The number of nitrogens with zero attached hydrogens (tertiary/aromatic N) is 1. The van der Waals surface area contributed by atoms with Gasteiger partial charge in [-0.1, -0.05) is 43.5 Å². The van der Waals surface area contributed by atoms with Gasteiger partial charge in [0.05, 0.1) is 32.1 Å². The van der Waals surface area contributed by atoms with Crippen LogP contribution < -0.4 is 9.64 Å². The van der Waals surface area contributed by atoms with Crippen LogP contribution in [-0.4, -0.2) is 25.7 Å². The number of fused-ring (bicyclic) bond motifs is 2. The average molecular weight is 402 g/mol. The van der Waals surface area contributed by atoms with Crippen molar-refractivity contribution in [2.45, 2.75) is 38.5 Å². The molecule has 1 amide bonds. The smallest absolute Gasteiger partial charge is 0.292 e. The summed E-state index contributed by atoms with van der Waals surface area (Å²) in [5.41, 5.74) is 2.46. The highest BCUT2D eigenvalue weighted by atomic mass is 35.5. The van der Waals surface area contributed by atoms with Crippen LogP contribution in [-0.2, 0) is 26.6 Å². The van der Waals surface area contributed by atoms with E-state index in [1.54, 1.807) is 17.0 Å². The van der Waals surface area contributed by atoms with Gasteiger partial charge in [-0.2, -0.15) is 0 Å². The largest absolute Gasteiger partial charge is 0.494 e. The van der Waals surface area contributed by atoms with Gasteiger partial charge in [-0.3, -0.25) is 4.79 Å². The van der Waals surface area contributed by atoms with Crippen LogP contribution in [0.15, 0.2) is 42.5 Å². The summed E-state index contributed by atoms with van der Waals surface area (Å²) < 4.78 is 17.3. The Balaban J connectivity index is 1.51. The number of anilines is 1. The number of rotatable bonds is 7. The summed E-state index contributed by atoms with van der Waals surface area (Å²) in [4.78, 5) is 14.9. The maximum atomic E-state index is 13.2. The van der Waals surface area contributed by atoms with E-state index in [2.05, 4.69) is 6.92 Å². The molecule has 1 spiro atoms. The zero-order valence-electron chi connectivity index (χ0n) is 15.9. The van der Waals surface area contributed by atoms with E-state index in [0.29, 0.717) is 30.3 Å². The van der Waals surface area contributed by atoms with Crippen LogP contribution in [0.2, 0.25) is 5.02 Å². The van der Waals surface area contributed by atoms with Gasteiger partial charge in [0.25, 0.3) is 11.7 Å². The maximum Gasteiger partial charge on any atom is 0.292 e. The van der Waals surface area contributed by atoms with Crippen LogP contribution in [0.5, 0.6) is 5.75 Å². The third-order valence-electron chi connectivity index (χ3n) is 5.11. The van der Waals surface area contributed by atoms with Crippen LogP contribution in [0, 0.1) is 0 Å². The molecule has 0 N–H and O–H groups in total. The molecular weight excluding hydrogens is 378 g/mol. The van der Waals surface area contributed by atoms with Gasteiger partial charge in [0, 0.05) is 10.6 Å². The van der Waals surface area contributed by atoms with Crippen LogP contribution in [0.4, 0.5) is 5.69 Å². The number of carbonyl (C=O) groups is 1. The normalized spacial score (nSPS) is 17.4. The first-order chi connectivity index (χ1) is 13.6.